The molecule has 0 radical (unpaired) electrons. The summed E-state index contributed by atoms with van der Waals surface area (Å²) in [6, 6.07) is 8.04. The van der Waals surface area contributed by atoms with E-state index in [1.807, 2.05) is 13.0 Å². The molecular weight excluding hydrogens is 534 g/mol. The second-order valence-corrected chi connectivity index (χ2v) is 11.0. The fraction of sp³-hybridized carbons (Fsp3) is 0.387. The third-order valence-corrected chi connectivity index (χ3v) is 8.14. The maximum atomic E-state index is 14.6. The number of aryl methyl sites for hydroxylation is 2. The summed E-state index contributed by atoms with van der Waals surface area (Å²) in [5.41, 5.74) is 3.50. The summed E-state index contributed by atoms with van der Waals surface area (Å²) >= 11 is 1.36. The summed E-state index contributed by atoms with van der Waals surface area (Å²) in [6.07, 6.45) is 8.08. The van der Waals surface area contributed by atoms with E-state index in [1.165, 1.54) is 29.4 Å². The van der Waals surface area contributed by atoms with Gasteiger partial charge in [-0.05, 0) is 75.3 Å². The predicted molar refractivity (Wildman–Crippen MR) is 154 cm³/mol. The Bertz CT molecular complexity index is 1410. The van der Waals surface area contributed by atoms with Crippen LogP contribution in [0.15, 0.2) is 35.9 Å². The molecule has 1 aliphatic rings. The number of ether oxygens (including phenoxy) is 1. The Hall–Kier alpha value is -3.43. The number of anilines is 1. The summed E-state index contributed by atoms with van der Waals surface area (Å²) in [6.45, 7) is 6.17. The molecule has 1 amide bonds. The minimum Gasteiger partial charge on any atom is -0.478 e. The average Bonchev–Trinajstić information content (AvgIpc) is 3.34. The highest BCUT2D eigenvalue weighted by Gasteiger charge is 2.24. The Morgan fingerprint density at radius 3 is 2.60 bits per heavy atom. The van der Waals surface area contributed by atoms with Crippen LogP contribution in [0.25, 0.3) is 17.3 Å². The van der Waals surface area contributed by atoms with E-state index < -0.39 is 29.1 Å². The largest absolute Gasteiger partial charge is 0.478 e. The van der Waals surface area contributed by atoms with Gasteiger partial charge in [0.1, 0.15) is 11.6 Å². The number of nitrogens with zero attached hydrogens (tertiary/aromatic N) is 1. The fourth-order valence-electron chi connectivity index (χ4n) is 5.01. The van der Waals surface area contributed by atoms with Gasteiger partial charge < -0.3 is 9.84 Å². The molecule has 0 spiro atoms. The molecule has 1 aromatic heterocycles. The van der Waals surface area contributed by atoms with Crippen molar-refractivity contribution in [2.24, 2.45) is 0 Å². The van der Waals surface area contributed by atoms with Gasteiger partial charge in [0.15, 0.2) is 5.13 Å². The van der Waals surface area contributed by atoms with Gasteiger partial charge in [-0.2, -0.15) is 0 Å². The molecule has 2 N–H and O–H groups in total. The predicted octanol–water partition coefficient (Wildman–Crippen LogP) is 7.46. The molecule has 0 saturated carbocycles. The van der Waals surface area contributed by atoms with Gasteiger partial charge in [0, 0.05) is 33.7 Å². The fourth-order valence-corrected chi connectivity index (χ4v) is 5.98. The maximum Gasteiger partial charge on any atom is 0.331 e. The summed E-state index contributed by atoms with van der Waals surface area (Å²) in [7, 11) is 0. The van der Waals surface area contributed by atoms with Crippen molar-refractivity contribution in [1.82, 2.24) is 4.98 Å². The first kappa shape index (κ1) is 29.6. The molecule has 212 valence electrons. The van der Waals surface area contributed by atoms with E-state index in [0.29, 0.717) is 11.7 Å². The summed E-state index contributed by atoms with van der Waals surface area (Å²) in [4.78, 5) is 29.6. The van der Waals surface area contributed by atoms with E-state index in [4.69, 9.17) is 9.84 Å². The van der Waals surface area contributed by atoms with Crippen molar-refractivity contribution in [1.29, 1.82) is 0 Å². The van der Waals surface area contributed by atoms with Crippen molar-refractivity contribution in [3.63, 3.8) is 0 Å². The first-order chi connectivity index (χ1) is 19.2. The first-order valence-electron chi connectivity index (χ1n) is 13.7. The number of thiazole rings is 1. The van der Waals surface area contributed by atoms with Crippen molar-refractivity contribution >= 4 is 34.4 Å². The van der Waals surface area contributed by atoms with Crippen LogP contribution in [0.1, 0.15) is 78.4 Å². The van der Waals surface area contributed by atoms with Crippen LogP contribution in [0.2, 0.25) is 0 Å². The monoisotopic (exact) mass is 568 g/mol. The number of fused-ring (bicyclic) bond motifs is 3. The molecule has 1 atom stereocenters. The van der Waals surface area contributed by atoms with Crippen LogP contribution in [0.3, 0.4) is 0 Å². The zero-order valence-electron chi connectivity index (χ0n) is 23.0. The molecule has 1 heterocycles. The summed E-state index contributed by atoms with van der Waals surface area (Å²) < 4.78 is 35.1. The first-order valence-corrected chi connectivity index (χ1v) is 14.5. The van der Waals surface area contributed by atoms with Crippen LogP contribution in [-0.2, 0) is 28.8 Å². The minimum absolute atomic E-state index is 0.220. The second-order valence-electron chi connectivity index (χ2n) is 9.93. The minimum atomic E-state index is -1.29. The highest BCUT2D eigenvalue weighted by atomic mass is 32.1. The number of halogens is 2. The molecular formula is C31H34F2N2O4S. The van der Waals surface area contributed by atoms with Crippen molar-refractivity contribution in [3.8, 4) is 11.3 Å². The van der Waals surface area contributed by atoms with Gasteiger partial charge in [-0.1, -0.05) is 38.0 Å². The van der Waals surface area contributed by atoms with Gasteiger partial charge in [0.2, 0.25) is 0 Å². The van der Waals surface area contributed by atoms with Crippen LogP contribution in [0, 0.1) is 11.6 Å². The van der Waals surface area contributed by atoms with E-state index in [0.717, 1.165) is 79.3 Å². The lowest BCUT2D eigenvalue weighted by atomic mass is 9.87. The Morgan fingerprint density at radius 1 is 1.18 bits per heavy atom. The van der Waals surface area contributed by atoms with Gasteiger partial charge in [0.25, 0.3) is 5.91 Å². The SMILES string of the molecule is CCCCC(CCc1cccc2c1CCc1sc(NC(=O)c3cc(F)c(C=C(C)C(=O)O)c(F)c3)nc1-2)OCC. The van der Waals surface area contributed by atoms with E-state index in [2.05, 4.69) is 29.4 Å². The number of benzene rings is 2. The number of amides is 1. The molecule has 0 fully saturated rings. The number of hydrogen-bond acceptors (Lipinski definition) is 5. The molecule has 0 bridgehead atoms. The van der Waals surface area contributed by atoms with Crippen LogP contribution in [-0.4, -0.2) is 34.7 Å². The molecule has 6 nitrogen and oxygen atoms in total. The average molecular weight is 569 g/mol. The van der Waals surface area contributed by atoms with Crippen molar-refractivity contribution < 1.29 is 28.2 Å². The highest BCUT2D eigenvalue weighted by Crippen LogP contribution is 2.40. The standard InChI is InChI=1S/C31H34F2N2O4S/c1-4-6-9-21(39-5-2)12-11-19-8-7-10-23-22(19)13-14-27-28(23)34-31(40-27)35-29(36)20-16-25(32)24(26(33)17-20)15-18(3)30(37)38/h7-8,10,15-17,21H,4-6,9,11-14H2,1-3H3,(H,37,38)(H,34,35,36). The smallest absolute Gasteiger partial charge is 0.331 e. The zero-order chi connectivity index (χ0) is 28.8. The number of carboxylic acids is 1. The van der Waals surface area contributed by atoms with Crippen LogP contribution in [0.5, 0.6) is 0 Å². The van der Waals surface area contributed by atoms with Crippen LogP contribution in [0.4, 0.5) is 13.9 Å². The third-order valence-electron chi connectivity index (χ3n) is 7.11. The van der Waals surface area contributed by atoms with Gasteiger partial charge in [0.05, 0.1) is 11.8 Å². The van der Waals surface area contributed by atoms with Crippen LogP contribution >= 0.6 is 11.3 Å². The lowest BCUT2D eigenvalue weighted by Crippen LogP contribution is -2.15. The lowest BCUT2D eigenvalue weighted by molar-refractivity contribution is -0.132. The molecule has 1 aliphatic carbocycles. The molecule has 1 unspecified atom stereocenters. The number of aliphatic carboxylic acids is 1. The molecule has 0 aliphatic heterocycles. The normalized spacial score (nSPS) is 13.5. The van der Waals surface area contributed by atoms with Crippen molar-refractivity contribution in [2.75, 3.05) is 11.9 Å². The van der Waals surface area contributed by atoms with Crippen molar-refractivity contribution in [2.45, 2.75) is 71.8 Å². The lowest BCUT2D eigenvalue weighted by Gasteiger charge is -2.21. The van der Waals surface area contributed by atoms with Gasteiger partial charge in [-0.25, -0.2) is 18.6 Å². The number of nitrogens with one attached hydrogen (secondary N) is 1. The molecule has 0 saturated heterocycles. The molecule has 3 aromatic rings. The van der Waals surface area contributed by atoms with Gasteiger partial charge in [-0.15, -0.1) is 11.3 Å². The Balaban J connectivity index is 1.51. The maximum absolute atomic E-state index is 14.6. The third kappa shape index (κ3) is 6.82. The Labute approximate surface area is 237 Å². The number of rotatable bonds is 12. The van der Waals surface area contributed by atoms with Crippen molar-refractivity contribution in [3.05, 3.63) is 74.7 Å². The molecule has 9 heteroatoms. The van der Waals surface area contributed by atoms with E-state index in [-0.39, 0.29) is 17.2 Å². The number of aromatic nitrogens is 1. The number of carbonyl (C=O) groups excluding carboxylic acids is 1. The van der Waals surface area contributed by atoms with E-state index in [9.17, 15) is 18.4 Å². The number of unbranched alkanes of at least 4 members (excludes halogenated alkanes) is 1. The van der Waals surface area contributed by atoms with E-state index >= 15 is 0 Å². The second kappa shape index (κ2) is 13.3. The zero-order valence-corrected chi connectivity index (χ0v) is 23.8. The van der Waals surface area contributed by atoms with E-state index in [1.54, 1.807) is 0 Å². The number of carboxylic acid groups (broad SMARTS) is 1. The van der Waals surface area contributed by atoms with Gasteiger partial charge in [-0.3, -0.25) is 10.1 Å². The quantitative estimate of drug-likeness (QED) is 0.222. The highest BCUT2D eigenvalue weighted by molar-refractivity contribution is 7.16. The van der Waals surface area contributed by atoms with Crippen LogP contribution < -0.4 is 5.32 Å². The summed E-state index contributed by atoms with van der Waals surface area (Å²) in [5.74, 6) is -4.03. The topological polar surface area (TPSA) is 88.5 Å². The number of hydrogen-bond donors (Lipinski definition) is 2. The molecule has 4 rings (SSSR count). The molecule has 2 aromatic carbocycles. The Morgan fingerprint density at radius 2 is 1.93 bits per heavy atom. The number of carbonyl (C=O) groups is 2. The molecule has 40 heavy (non-hydrogen) atoms. The Kier molecular flexibility index (Phi) is 9.81. The summed E-state index contributed by atoms with van der Waals surface area (Å²) in [5, 5.41) is 12.0. The van der Waals surface area contributed by atoms with Gasteiger partial charge >= 0.3 is 5.97 Å².